The highest BCUT2D eigenvalue weighted by Gasteiger charge is 2.04. The summed E-state index contributed by atoms with van der Waals surface area (Å²) in [7, 11) is 1.92. The van der Waals surface area contributed by atoms with E-state index >= 15 is 0 Å². The molecule has 3 nitrogen and oxygen atoms in total. The number of nitrogens with one attached hydrogen (secondary N) is 1. The Labute approximate surface area is 81.3 Å². The summed E-state index contributed by atoms with van der Waals surface area (Å²) in [5.74, 6) is 0. The molecule has 0 atom stereocenters. The van der Waals surface area contributed by atoms with Gasteiger partial charge >= 0.3 is 0 Å². The number of hydrogen-bond acceptors (Lipinski definition) is 2. The maximum absolute atomic E-state index is 4.29. The largest absolute Gasteiger partial charge is 0.309 e. The molecule has 0 fully saturated rings. The predicted molar refractivity (Wildman–Crippen MR) is 52.9 cm³/mol. The van der Waals surface area contributed by atoms with E-state index in [4.69, 9.17) is 0 Å². The standard InChI is InChI=1S/C8H14BrN3/c1-6(2)10-4-8-7(9)5-12(3)11-8/h5-6,10H,4H2,1-3H3. The Morgan fingerprint density at radius 2 is 2.33 bits per heavy atom. The van der Waals surface area contributed by atoms with Gasteiger partial charge in [-0.25, -0.2) is 0 Å². The Balaban J connectivity index is 2.57. The summed E-state index contributed by atoms with van der Waals surface area (Å²) in [6, 6.07) is 0.499. The highest BCUT2D eigenvalue weighted by Crippen LogP contribution is 2.13. The Kier molecular flexibility index (Phi) is 3.29. The van der Waals surface area contributed by atoms with Crippen LogP contribution < -0.4 is 5.32 Å². The second kappa shape index (κ2) is 4.05. The van der Waals surface area contributed by atoms with Crippen LogP contribution in [0.3, 0.4) is 0 Å². The van der Waals surface area contributed by atoms with Crippen molar-refractivity contribution in [2.45, 2.75) is 26.4 Å². The first-order chi connectivity index (χ1) is 5.59. The van der Waals surface area contributed by atoms with E-state index in [1.54, 1.807) is 4.68 Å². The minimum atomic E-state index is 0.499. The monoisotopic (exact) mass is 231 g/mol. The third-order valence-corrected chi connectivity index (χ3v) is 2.19. The van der Waals surface area contributed by atoms with Gasteiger partial charge in [-0.3, -0.25) is 4.68 Å². The lowest BCUT2D eigenvalue weighted by atomic mass is 10.3. The maximum atomic E-state index is 4.29. The van der Waals surface area contributed by atoms with E-state index in [2.05, 4.69) is 40.2 Å². The number of aromatic nitrogens is 2. The molecule has 0 aliphatic carbocycles. The topological polar surface area (TPSA) is 29.9 Å². The van der Waals surface area contributed by atoms with Gasteiger partial charge < -0.3 is 5.32 Å². The van der Waals surface area contributed by atoms with Crippen molar-refractivity contribution in [1.29, 1.82) is 0 Å². The van der Waals surface area contributed by atoms with E-state index in [0.29, 0.717) is 6.04 Å². The molecule has 0 saturated carbocycles. The van der Waals surface area contributed by atoms with Crippen molar-refractivity contribution < 1.29 is 0 Å². The lowest BCUT2D eigenvalue weighted by Crippen LogP contribution is -2.22. The van der Waals surface area contributed by atoms with E-state index in [1.807, 2.05) is 13.2 Å². The molecule has 1 heterocycles. The number of aryl methyl sites for hydroxylation is 1. The summed E-state index contributed by atoms with van der Waals surface area (Å²) in [6.45, 7) is 5.06. The molecule has 12 heavy (non-hydrogen) atoms. The van der Waals surface area contributed by atoms with Crippen molar-refractivity contribution in [2.75, 3.05) is 0 Å². The van der Waals surface area contributed by atoms with Crippen LogP contribution in [0.1, 0.15) is 19.5 Å². The fourth-order valence-electron chi connectivity index (χ4n) is 0.926. The predicted octanol–water partition coefficient (Wildman–Crippen LogP) is 1.68. The fourth-order valence-corrected chi connectivity index (χ4v) is 1.44. The van der Waals surface area contributed by atoms with Gasteiger partial charge in [0, 0.05) is 25.8 Å². The molecule has 0 unspecified atom stereocenters. The Morgan fingerprint density at radius 1 is 1.67 bits per heavy atom. The average Bonchev–Trinajstić information content (AvgIpc) is 2.26. The molecule has 0 aliphatic heterocycles. The SMILES string of the molecule is CC(C)NCc1nn(C)cc1Br. The van der Waals surface area contributed by atoms with Gasteiger partial charge in [-0.1, -0.05) is 13.8 Å². The summed E-state index contributed by atoms with van der Waals surface area (Å²) in [5, 5.41) is 7.60. The van der Waals surface area contributed by atoms with Gasteiger partial charge in [0.1, 0.15) is 0 Å². The van der Waals surface area contributed by atoms with E-state index in [-0.39, 0.29) is 0 Å². The Bertz CT molecular complexity index is 255. The first-order valence-corrected chi connectivity index (χ1v) is 4.80. The molecule has 0 amide bonds. The molecule has 1 aromatic heterocycles. The van der Waals surface area contributed by atoms with E-state index in [1.165, 1.54) is 0 Å². The summed E-state index contributed by atoms with van der Waals surface area (Å²) in [4.78, 5) is 0. The van der Waals surface area contributed by atoms with E-state index < -0.39 is 0 Å². The van der Waals surface area contributed by atoms with Crippen molar-refractivity contribution in [3.05, 3.63) is 16.4 Å². The number of halogens is 1. The van der Waals surface area contributed by atoms with Crippen LogP contribution in [0.15, 0.2) is 10.7 Å². The molecule has 1 aromatic rings. The zero-order valence-electron chi connectivity index (χ0n) is 7.63. The van der Waals surface area contributed by atoms with Crippen molar-refractivity contribution >= 4 is 15.9 Å². The second-order valence-corrected chi connectivity index (χ2v) is 3.99. The van der Waals surface area contributed by atoms with Crippen LogP contribution in [0.5, 0.6) is 0 Å². The molecular weight excluding hydrogens is 218 g/mol. The lowest BCUT2D eigenvalue weighted by molar-refractivity contribution is 0.574. The van der Waals surface area contributed by atoms with Gasteiger partial charge in [0.05, 0.1) is 10.2 Å². The number of hydrogen-bond donors (Lipinski definition) is 1. The van der Waals surface area contributed by atoms with Crippen LogP contribution in [0, 0.1) is 0 Å². The number of rotatable bonds is 3. The van der Waals surface area contributed by atoms with Gasteiger partial charge in [0.2, 0.25) is 0 Å². The lowest BCUT2D eigenvalue weighted by Gasteiger charge is -2.05. The molecule has 0 bridgehead atoms. The quantitative estimate of drug-likeness (QED) is 0.859. The summed E-state index contributed by atoms with van der Waals surface area (Å²) >= 11 is 3.44. The molecule has 1 N–H and O–H groups in total. The Morgan fingerprint density at radius 3 is 2.75 bits per heavy atom. The molecule has 0 aliphatic rings. The Hall–Kier alpha value is -0.350. The normalized spacial score (nSPS) is 11.1. The van der Waals surface area contributed by atoms with E-state index in [9.17, 15) is 0 Å². The summed E-state index contributed by atoms with van der Waals surface area (Å²) < 4.78 is 2.87. The van der Waals surface area contributed by atoms with Gasteiger partial charge in [-0.2, -0.15) is 5.10 Å². The first-order valence-electron chi connectivity index (χ1n) is 4.01. The van der Waals surface area contributed by atoms with Gasteiger partial charge in [0.15, 0.2) is 0 Å². The zero-order valence-corrected chi connectivity index (χ0v) is 9.22. The fraction of sp³-hybridized carbons (Fsp3) is 0.625. The minimum Gasteiger partial charge on any atom is -0.309 e. The van der Waals surface area contributed by atoms with Gasteiger partial charge in [-0.05, 0) is 15.9 Å². The summed E-state index contributed by atoms with van der Waals surface area (Å²) in [5.41, 5.74) is 1.06. The van der Waals surface area contributed by atoms with Crippen LogP contribution in [0.25, 0.3) is 0 Å². The zero-order chi connectivity index (χ0) is 9.14. The third kappa shape index (κ3) is 2.60. The van der Waals surface area contributed by atoms with E-state index in [0.717, 1.165) is 16.7 Å². The molecule has 1 rings (SSSR count). The molecule has 68 valence electrons. The van der Waals surface area contributed by atoms with Crippen molar-refractivity contribution in [2.24, 2.45) is 7.05 Å². The highest BCUT2D eigenvalue weighted by molar-refractivity contribution is 9.10. The molecule has 0 spiro atoms. The number of nitrogens with zero attached hydrogens (tertiary/aromatic N) is 2. The van der Waals surface area contributed by atoms with Crippen molar-refractivity contribution in [1.82, 2.24) is 15.1 Å². The van der Waals surface area contributed by atoms with Gasteiger partial charge in [0.25, 0.3) is 0 Å². The summed E-state index contributed by atoms with van der Waals surface area (Å²) in [6.07, 6.45) is 1.96. The third-order valence-electron chi connectivity index (χ3n) is 1.53. The van der Waals surface area contributed by atoms with Crippen LogP contribution in [0.4, 0.5) is 0 Å². The second-order valence-electron chi connectivity index (χ2n) is 3.13. The molecule has 4 heteroatoms. The average molecular weight is 232 g/mol. The molecule has 0 aromatic carbocycles. The van der Waals surface area contributed by atoms with Crippen LogP contribution in [-0.2, 0) is 13.6 Å². The molecule has 0 radical (unpaired) electrons. The van der Waals surface area contributed by atoms with Crippen LogP contribution in [-0.4, -0.2) is 15.8 Å². The van der Waals surface area contributed by atoms with Crippen LogP contribution >= 0.6 is 15.9 Å². The van der Waals surface area contributed by atoms with Gasteiger partial charge in [-0.15, -0.1) is 0 Å². The smallest absolute Gasteiger partial charge is 0.0904 e. The molecular formula is C8H14BrN3. The van der Waals surface area contributed by atoms with Crippen LogP contribution in [0.2, 0.25) is 0 Å². The van der Waals surface area contributed by atoms with Crippen molar-refractivity contribution in [3.63, 3.8) is 0 Å². The highest BCUT2D eigenvalue weighted by atomic mass is 79.9. The molecule has 0 saturated heterocycles. The maximum Gasteiger partial charge on any atom is 0.0904 e. The minimum absolute atomic E-state index is 0.499. The first kappa shape index (κ1) is 9.74. The van der Waals surface area contributed by atoms with Crippen molar-refractivity contribution in [3.8, 4) is 0 Å².